The minimum atomic E-state index is -0.858. The second-order valence-electron chi connectivity index (χ2n) is 19.4. The summed E-state index contributed by atoms with van der Waals surface area (Å²) in [7, 11) is 2.97. The highest BCUT2D eigenvalue weighted by Crippen LogP contribution is 2.56. The molecule has 4 aromatic heterocycles. The van der Waals surface area contributed by atoms with Crippen molar-refractivity contribution in [3.05, 3.63) is 139 Å². The van der Waals surface area contributed by atoms with Gasteiger partial charge in [0.2, 0.25) is 0 Å². The zero-order valence-electron chi connectivity index (χ0n) is 39.2. The number of amides is 3. The molecule has 2 N–H and O–H groups in total. The monoisotopic (exact) mass is 924 g/mol. The minimum Gasteiger partial charge on any atom is -0.376 e. The van der Waals surface area contributed by atoms with Gasteiger partial charge in [-0.05, 0) is 137 Å². The molecule has 68 heavy (non-hydrogen) atoms. The third kappa shape index (κ3) is 7.28. The number of rotatable bonds is 8. The largest absolute Gasteiger partial charge is 0.438 e. The number of likely N-dealkylation sites (N-methyl/N-ethyl adjacent to an activating group) is 1. The predicted octanol–water partition coefficient (Wildman–Crippen LogP) is 6.44. The van der Waals surface area contributed by atoms with Gasteiger partial charge in [0, 0.05) is 68.2 Å². The summed E-state index contributed by atoms with van der Waals surface area (Å²) in [5.41, 5.74) is 4.36. The summed E-state index contributed by atoms with van der Waals surface area (Å²) in [4.78, 5) is 73.1. The van der Waals surface area contributed by atoms with Gasteiger partial charge in [0.25, 0.3) is 5.91 Å². The molecule has 6 heterocycles. The van der Waals surface area contributed by atoms with Crippen LogP contribution in [-0.2, 0) is 26.3 Å². The lowest BCUT2D eigenvalue weighted by atomic mass is 9.83. The average molecular weight is 925 g/mol. The average Bonchev–Trinajstić information content (AvgIpc) is 3.80. The topological polar surface area (TPSA) is 188 Å². The third-order valence-electron chi connectivity index (χ3n) is 14.1. The summed E-state index contributed by atoms with van der Waals surface area (Å²) in [5, 5.41) is 12.7. The summed E-state index contributed by atoms with van der Waals surface area (Å²) in [6.07, 6.45) is 5.94. The Morgan fingerprint density at radius 3 is 2.28 bits per heavy atom. The Bertz CT molecular complexity index is 3290. The number of fused-ring (bicyclic) bond motifs is 2. The number of carbonyl (C=O) groups excluding carboxylic acids is 3. The lowest BCUT2D eigenvalue weighted by molar-refractivity contribution is -0.141. The Balaban J connectivity index is 1.08. The number of halogens is 1. The molecule has 3 aliphatic rings. The van der Waals surface area contributed by atoms with Gasteiger partial charge in [-0.25, -0.2) is 18.7 Å². The van der Waals surface area contributed by atoms with Gasteiger partial charge in [-0.15, -0.1) is 0 Å². The van der Waals surface area contributed by atoms with Crippen LogP contribution in [0.25, 0.3) is 28.1 Å². The molecule has 0 unspecified atom stereocenters. The van der Waals surface area contributed by atoms with Gasteiger partial charge in [0.15, 0.2) is 5.82 Å². The Morgan fingerprint density at radius 2 is 1.63 bits per heavy atom. The van der Waals surface area contributed by atoms with Crippen LogP contribution >= 0.6 is 0 Å². The Labute approximate surface area is 390 Å². The number of imidazole rings is 1. The molecule has 7 aromatic rings. The SMILES string of the molecule is Cc1cc(-n2nc3c(c2-n2ccn(-c4ccc(NC(=O)C(=O)N(C)C)cc4)c2=O)[C@H](C)N(C(=O)c2cc4cc([C@H]5CCOC(C)(C)C5)ccc4n2[C@@]2(c4noc(=O)[nH]4)C[C@@H]2C)CC3)cc(C)c1F. The van der Waals surface area contributed by atoms with Crippen LogP contribution in [-0.4, -0.2) is 94.0 Å². The van der Waals surface area contributed by atoms with E-state index in [-0.39, 0.29) is 29.2 Å². The summed E-state index contributed by atoms with van der Waals surface area (Å²) in [6, 6.07) is 17.6. The van der Waals surface area contributed by atoms with Gasteiger partial charge in [0.05, 0.1) is 28.7 Å². The highest BCUT2D eigenvalue weighted by molar-refractivity contribution is 6.39. The highest BCUT2D eigenvalue weighted by atomic mass is 19.1. The molecule has 17 nitrogen and oxygen atoms in total. The Morgan fingerprint density at radius 1 is 0.926 bits per heavy atom. The number of aromatic nitrogens is 7. The van der Waals surface area contributed by atoms with Gasteiger partial charge in [-0.3, -0.25) is 33.0 Å². The first-order valence-corrected chi connectivity index (χ1v) is 22.9. The van der Waals surface area contributed by atoms with Crippen molar-refractivity contribution in [2.24, 2.45) is 5.92 Å². The van der Waals surface area contributed by atoms with Crippen molar-refractivity contribution in [1.29, 1.82) is 0 Å². The first-order valence-electron chi connectivity index (χ1n) is 22.9. The van der Waals surface area contributed by atoms with Crippen molar-refractivity contribution in [3.8, 4) is 17.2 Å². The van der Waals surface area contributed by atoms with E-state index in [9.17, 15) is 19.2 Å². The molecule has 2 aliphatic heterocycles. The number of aromatic amines is 1. The summed E-state index contributed by atoms with van der Waals surface area (Å²) in [5.74, 6) is -1.78. The van der Waals surface area contributed by atoms with Gasteiger partial charge in [0.1, 0.15) is 22.9 Å². The molecule has 3 aromatic carbocycles. The zero-order chi connectivity index (χ0) is 48.1. The number of hydrogen-bond acceptors (Lipinski definition) is 9. The molecule has 10 rings (SSSR count). The molecular weight excluding hydrogens is 872 g/mol. The number of anilines is 1. The summed E-state index contributed by atoms with van der Waals surface area (Å²) >= 11 is 0. The molecule has 0 bridgehead atoms. The molecule has 0 radical (unpaired) electrons. The Hall–Kier alpha value is -7.34. The minimum absolute atomic E-state index is 0.00245. The van der Waals surface area contributed by atoms with E-state index in [0.29, 0.717) is 82.8 Å². The molecule has 18 heteroatoms. The number of aryl methyl sites for hydroxylation is 2. The second kappa shape index (κ2) is 16.2. The van der Waals surface area contributed by atoms with E-state index in [1.165, 1.54) is 28.1 Å². The van der Waals surface area contributed by atoms with Crippen LogP contribution in [0.1, 0.15) is 103 Å². The highest BCUT2D eigenvalue weighted by Gasteiger charge is 2.59. The fourth-order valence-corrected chi connectivity index (χ4v) is 10.5. The molecule has 2 fully saturated rings. The van der Waals surface area contributed by atoms with Crippen LogP contribution in [0.5, 0.6) is 0 Å². The molecular formula is C50H53FN10O7. The number of nitrogens with one attached hydrogen (secondary N) is 2. The lowest BCUT2D eigenvalue weighted by Gasteiger charge is -2.35. The van der Waals surface area contributed by atoms with Crippen molar-refractivity contribution in [2.45, 2.75) is 90.3 Å². The maximum atomic E-state index is 15.6. The van der Waals surface area contributed by atoms with Crippen molar-refractivity contribution in [3.63, 3.8) is 0 Å². The molecule has 0 spiro atoms. The molecule has 3 amide bonds. The molecule has 1 saturated heterocycles. The van der Waals surface area contributed by atoms with Gasteiger partial charge < -0.3 is 24.4 Å². The number of benzene rings is 3. The first-order chi connectivity index (χ1) is 32.4. The van der Waals surface area contributed by atoms with E-state index < -0.39 is 34.8 Å². The lowest BCUT2D eigenvalue weighted by Crippen LogP contribution is -2.41. The van der Waals surface area contributed by atoms with Gasteiger partial charge in [-0.1, -0.05) is 18.1 Å². The maximum Gasteiger partial charge on any atom is 0.438 e. The van der Waals surface area contributed by atoms with E-state index in [1.807, 2.05) is 17.6 Å². The molecule has 1 saturated carbocycles. The van der Waals surface area contributed by atoms with E-state index in [2.05, 4.69) is 54.4 Å². The molecule has 4 atom stereocenters. The number of nitrogens with zero attached hydrogens (tertiary/aromatic N) is 8. The van der Waals surface area contributed by atoms with Crippen molar-refractivity contribution in [2.75, 3.05) is 32.6 Å². The van der Waals surface area contributed by atoms with Crippen LogP contribution in [0.3, 0.4) is 0 Å². The van der Waals surface area contributed by atoms with E-state index >= 15 is 9.18 Å². The molecule has 1 aliphatic carbocycles. The van der Waals surface area contributed by atoms with E-state index in [4.69, 9.17) is 14.4 Å². The maximum absolute atomic E-state index is 15.6. The number of ether oxygens (including phenoxy) is 1. The fraction of sp³-hybridized carbons (Fsp3) is 0.380. The number of H-pyrrole nitrogens is 1. The first kappa shape index (κ1) is 44.5. The van der Waals surface area contributed by atoms with Gasteiger partial charge >= 0.3 is 23.3 Å². The van der Waals surface area contributed by atoms with Crippen LogP contribution in [0.2, 0.25) is 0 Å². The van der Waals surface area contributed by atoms with E-state index in [1.54, 1.807) is 72.2 Å². The summed E-state index contributed by atoms with van der Waals surface area (Å²) < 4.78 is 32.8. The summed E-state index contributed by atoms with van der Waals surface area (Å²) in [6.45, 7) is 12.5. The quantitative estimate of drug-likeness (QED) is 0.162. The fourth-order valence-electron chi connectivity index (χ4n) is 10.5. The third-order valence-corrected chi connectivity index (χ3v) is 14.1. The van der Waals surface area contributed by atoms with Crippen LogP contribution in [0.15, 0.2) is 87.2 Å². The van der Waals surface area contributed by atoms with Crippen LogP contribution in [0, 0.1) is 25.6 Å². The normalized spacial score (nSPS) is 20.9. The van der Waals surface area contributed by atoms with Gasteiger partial charge in [-0.2, -0.15) is 5.10 Å². The zero-order valence-corrected chi connectivity index (χ0v) is 39.2. The van der Waals surface area contributed by atoms with Crippen LogP contribution in [0.4, 0.5) is 10.1 Å². The van der Waals surface area contributed by atoms with Crippen molar-refractivity contribution < 1.29 is 28.0 Å². The van der Waals surface area contributed by atoms with Crippen molar-refractivity contribution in [1.82, 2.24) is 43.4 Å². The standard InChI is InChI=1S/C50H53FN10O7/c1-27-21-36(22-28(2)41(27)51)61-43(59-19-18-58(48(59)66)35-12-10-34(11-13-35)52-42(62)45(64)56(7)8)40-30(4)57(17-15-37(40)54-61)44(63)39-24-33-23-31(32-16-20-67-49(5,6)26-32)9-14-38(33)60(39)50(25-29(50)3)46-53-47(65)68-55-46/h9-14,18-19,21-24,29-30,32H,15-17,20,25-26H2,1-8H3,(H,52,62)(H,53,55,65)/t29-,30-,32-,50-/m0/s1. The molecule has 352 valence electrons. The second-order valence-corrected chi connectivity index (χ2v) is 19.4. The predicted molar refractivity (Wildman–Crippen MR) is 250 cm³/mol. The van der Waals surface area contributed by atoms with E-state index in [0.717, 1.165) is 29.3 Å². The van der Waals surface area contributed by atoms with Crippen molar-refractivity contribution >= 4 is 34.3 Å². The number of hydrogen-bond donors (Lipinski definition) is 2. The Kier molecular flexibility index (Phi) is 10.6. The smallest absolute Gasteiger partial charge is 0.376 e. The number of carbonyl (C=O) groups is 3. The van der Waals surface area contributed by atoms with Crippen LogP contribution < -0.4 is 16.8 Å².